The first-order chi connectivity index (χ1) is 13.1. The van der Waals surface area contributed by atoms with Gasteiger partial charge in [0.15, 0.2) is 0 Å². The summed E-state index contributed by atoms with van der Waals surface area (Å²) in [5, 5.41) is 8.28. The molecule has 1 saturated carbocycles. The third kappa shape index (κ3) is 5.39. The molecule has 2 heterocycles. The molecule has 148 valence electrons. The van der Waals surface area contributed by atoms with Crippen LogP contribution >= 0.6 is 15.9 Å². The highest BCUT2D eigenvalue weighted by atomic mass is 79.9. The van der Waals surface area contributed by atoms with E-state index < -0.39 is 0 Å². The number of fused-ring (bicyclic) bond motifs is 1. The highest BCUT2D eigenvalue weighted by Crippen LogP contribution is 2.38. The van der Waals surface area contributed by atoms with Gasteiger partial charge in [-0.05, 0) is 94.0 Å². The van der Waals surface area contributed by atoms with Crippen molar-refractivity contribution in [2.45, 2.75) is 52.0 Å². The molecule has 3 rings (SSSR count). The molecule has 0 unspecified atom stereocenters. The number of hydrogen-bond donors (Lipinski definition) is 2. The molecule has 0 amide bonds. The number of nitrogens with one attached hydrogen (secondary N) is 2. The van der Waals surface area contributed by atoms with Crippen molar-refractivity contribution >= 4 is 27.0 Å². The zero-order chi connectivity index (χ0) is 19.2. The van der Waals surface area contributed by atoms with Gasteiger partial charge in [-0.3, -0.25) is 0 Å². The molecule has 2 atom stereocenters. The van der Waals surface area contributed by atoms with Gasteiger partial charge in [-0.2, -0.15) is 0 Å². The van der Waals surface area contributed by atoms with Crippen LogP contribution in [0.2, 0.25) is 0 Å². The molecule has 2 N–H and O–H groups in total. The molecule has 0 bridgehead atoms. The van der Waals surface area contributed by atoms with Gasteiger partial charge in [-0.1, -0.05) is 5.57 Å². The zero-order valence-electron chi connectivity index (χ0n) is 16.6. The van der Waals surface area contributed by atoms with Crippen LogP contribution < -0.4 is 10.6 Å². The van der Waals surface area contributed by atoms with Gasteiger partial charge in [-0.25, -0.2) is 9.97 Å². The average molecular weight is 434 g/mol. The van der Waals surface area contributed by atoms with E-state index >= 15 is 0 Å². The quantitative estimate of drug-likeness (QED) is 0.431. The third-order valence-electron chi connectivity index (χ3n) is 5.53. The topological polar surface area (TPSA) is 54.8 Å². The minimum absolute atomic E-state index is 0.545. The van der Waals surface area contributed by atoms with Crippen molar-refractivity contribution in [1.29, 1.82) is 0 Å². The standard InChI is InChI=1S/C21H32BrN5/c1-15(2)7-10-23-8-4-9-24-12-17-5-6-18(11-17)27-13-19(22)20-16(3)25-14-26-21(20)27/h13-14,17-18,23-24H,1,4-12H2,2-3H3/t17-,18+/m1/s1. The van der Waals surface area contributed by atoms with Gasteiger partial charge in [0.1, 0.15) is 12.0 Å². The maximum Gasteiger partial charge on any atom is 0.144 e. The van der Waals surface area contributed by atoms with Gasteiger partial charge in [0.2, 0.25) is 0 Å². The lowest BCUT2D eigenvalue weighted by Gasteiger charge is -2.15. The fourth-order valence-corrected chi connectivity index (χ4v) is 4.71. The van der Waals surface area contributed by atoms with Crippen molar-refractivity contribution < 1.29 is 0 Å². The monoisotopic (exact) mass is 433 g/mol. The van der Waals surface area contributed by atoms with Gasteiger partial charge in [0.05, 0.1) is 11.1 Å². The first-order valence-electron chi connectivity index (χ1n) is 10.1. The van der Waals surface area contributed by atoms with Crippen LogP contribution in [-0.4, -0.2) is 40.7 Å². The van der Waals surface area contributed by atoms with Crippen LogP contribution in [0.4, 0.5) is 0 Å². The number of aromatic nitrogens is 3. The predicted octanol–water partition coefficient (Wildman–Crippen LogP) is 4.38. The maximum absolute atomic E-state index is 4.55. The summed E-state index contributed by atoms with van der Waals surface area (Å²) < 4.78 is 3.47. The Morgan fingerprint density at radius 3 is 2.89 bits per heavy atom. The van der Waals surface area contributed by atoms with E-state index in [-0.39, 0.29) is 0 Å². The van der Waals surface area contributed by atoms with Crippen molar-refractivity contribution in [3.8, 4) is 0 Å². The Hall–Kier alpha value is -1.24. The molecule has 2 aromatic heterocycles. The molecule has 6 heteroatoms. The predicted molar refractivity (Wildman–Crippen MR) is 116 cm³/mol. The molecule has 27 heavy (non-hydrogen) atoms. The fourth-order valence-electron chi connectivity index (χ4n) is 4.02. The summed E-state index contributed by atoms with van der Waals surface area (Å²) in [5.41, 5.74) is 3.35. The van der Waals surface area contributed by atoms with Crippen LogP contribution in [0.1, 0.15) is 50.8 Å². The molecule has 0 spiro atoms. The molecular formula is C21H32BrN5. The summed E-state index contributed by atoms with van der Waals surface area (Å²) in [5.74, 6) is 0.755. The van der Waals surface area contributed by atoms with E-state index in [1.54, 1.807) is 6.33 Å². The molecular weight excluding hydrogens is 402 g/mol. The average Bonchev–Trinajstić information content (AvgIpc) is 3.22. The Bertz CT molecular complexity index is 769. The van der Waals surface area contributed by atoms with Crippen LogP contribution in [0.5, 0.6) is 0 Å². The molecule has 0 radical (unpaired) electrons. The molecule has 1 aliphatic carbocycles. The summed E-state index contributed by atoms with van der Waals surface area (Å²) in [6, 6.07) is 0.545. The van der Waals surface area contributed by atoms with E-state index in [0.29, 0.717) is 6.04 Å². The Morgan fingerprint density at radius 1 is 1.26 bits per heavy atom. The van der Waals surface area contributed by atoms with Crippen LogP contribution in [0, 0.1) is 12.8 Å². The van der Waals surface area contributed by atoms with Crippen LogP contribution in [-0.2, 0) is 0 Å². The summed E-state index contributed by atoms with van der Waals surface area (Å²) in [6.07, 6.45) is 9.87. The molecule has 1 aliphatic rings. The zero-order valence-corrected chi connectivity index (χ0v) is 18.2. The van der Waals surface area contributed by atoms with Gasteiger partial charge in [0, 0.05) is 16.7 Å². The van der Waals surface area contributed by atoms with Crippen LogP contribution in [0.25, 0.3) is 11.0 Å². The van der Waals surface area contributed by atoms with E-state index in [9.17, 15) is 0 Å². The summed E-state index contributed by atoms with van der Waals surface area (Å²) in [6.45, 7) is 12.4. The largest absolute Gasteiger partial charge is 0.328 e. The van der Waals surface area contributed by atoms with E-state index in [1.165, 1.54) is 31.3 Å². The summed E-state index contributed by atoms with van der Waals surface area (Å²) in [7, 11) is 0. The lowest BCUT2D eigenvalue weighted by Crippen LogP contribution is -2.26. The Morgan fingerprint density at radius 2 is 2.07 bits per heavy atom. The fraction of sp³-hybridized carbons (Fsp3) is 0.619. The maximum atomic E-state index is 4.55. The Labute approximate surface area is 171 Å². The summed E-state index contributed by atoms with van der Waals surface area (Å²) in [4.78, 5) is 8.88. The Kier molecular flexibility index (Phi) is 7.44. The first-order valence-corrected chi connectivity index (χ1v) is 10.9. The second-order valence-corrected chi connectivity index (χ2v) is 8.74. The van der Waals surface area contributed by atoms with Crippen molar-refractivity contribution in [2.75, 3.05) is 26.2 Å². The number of rotatable bonds is 10. The third-order valence-corrected chi connectivity index (χ3v) is 6.13. The highest BCUT2D eigenvalue weighted by Gasteiger charge is 2.27. The van der Waals surface area contributed by atoms with Crippen molar-refractivity contribution in [2.24, 2.45) is 5.92 Å². The number of nitrogens with zero attached hydrogens (tertiary/aromatic N) is 3. The van der Waals surface area contributed by atoms with Crippen molar-refractivity contribution in [3.05, 3.63) is 34.8 Å². The van der Waals surface area contributed by atoms with Crippen LogP contribution in [0.15, 0.2) is 29.1 Å². The van der Waals surface area contributed by atoms with E-state index in [1.807, 2.05) is 6.92 Å². The molecule has 0 saturated heterocycles. The second kappa shape index (κ2) is 9.80. The lowest BCUT2D eigenvalue weighted by atomic mass is 10.1. The summed E-state index contributed by atoms with van der Waals surface area (Å²) >= 11 is 3.69. The minimum Gasteiger partial charge on any atom is -0.328 e. The smallest absolute Gasteiger partial charge is 0.144 e. The van der Waals surface area contributed by atoms with Crippen molar-refractivity contribution in [3.63, 3.8) is 0 Å². The van der Waals surface area contributed by atoms with Gasteiger partial charge < -0.3 is 15.2 Å². The number of hydrogen-bond acceptors (Lipinski definition) is 4. The SMILES string of the molecule is C=C(C)CCNCCCNC[C@@H]1CC[C@H](n2cc(Br)c3c(C)ncnc32)C1. The molecule has 1 fully saturated rings. The normalized spacial score (nSPS) is 19.8. The number of halogens is 1. The minimum atomic E-state index is 0.545. The molecule has 0 aromatic carbocycles. The molecule has 5 nitrogen and oxygen atoms in total. The number of aryl methyl sites for hydroxylation is 1. The lowest BCUT2D eigenvalue weighted by molar-refractivity contribution is 0.452. The highest BCUT2D eigenvalue weighted by molar-refractivity contribution is 9.10. The first kappa shape index (κ1) is 20.5. The van der Waals surface area contributed by atoms with E-state index in [0.717, 1.165) is 59.7 Å². The van der Waals surface area contributed by atoms with Gasteiger partial charge in [-0.15, -0.1) is 6.58 Å². The van der Waals surface area contributed by atoms with E-state index in [4.69, 9.17) is 0 Å². The van der Waals surface area contributed by atoms with Gasteiger partial charge >= 0.3 is 0 Å². The van der Waals surface area contributed by atoms with Crippen molar-refractivity contribution in [1.82, 2.24) is 25.2 Å². The second-order valence-electron chi connectivity index (χ2n) is 7.89. The Balaban J connectivity index is 1.41. The molecule has 2 aromatic rings. The van der Waals surface area contributed by atoms with Gasteiger partial charge in [0.25, 0.3) is 0 Å². The molecule has 0 aliphatic heterocycles. The van der Waals surface area contributed by atoms with E-state index in [2.05, 4.69) is 60.8 Å². The van der Waals surface area contributed by atoms with Crippen LogP contribution in [0.3, 0.4) is 0 Å².